The van der Waals surface area contributed by atoms with Crippen LogP contribution < -0.4 is 10.2 Å². The Morgan fingerprint density at radius 2 is 1.92 bits per heavy atom. The zero-order chi connectivity index (χ0) is 18.0. The summed E-state index contributed by atoms with van der Waals surface area (Å²) in [4.78, 5) is 15.0. The standard InChI is InChI=1S/C20H23FN4O/c21-16-5-3-15(4-6-16)14-20(9-10-20)19(26)23-17-7-12-25(13-8-17)18-2-1-11-22-24-18/h1-6,11,17H,7-10,12-14H2,(H,23,26). The number of anilines is 1. The predicted octanol–water partition coefficient (Wildman–Crippen LogP) is 2.72. The van der Waals surface area contributed by atoms with Gasteiger partial charge in [-0.05, 0) is 61.9 Å². The fourth-order valence-electron chi connectivity index (χ4n) is 3.68. The van der Waals surface area contributed by atoms with Crippen molar-refractivity contribution in [2.45, 2.75) is 38.1 Å². The first kappa shape index (κ1) is 16.9. The highest BCUT2D eigenvalue weighted by molar-refractivity contribution is 5.85. The van der Waals surface area contributed by atoms with Crippen molar-refractivity contribution in [1.29, 1.82) is 0 Å². The minimum atomic E-state index is -0.292. The summed E-state index contributed by atoms with van der Waals surface area (Å²) < 4.78 is 13.1. The number of piperidine rings is 1. The Labute approximate surface area is 152 Å². The SMILES string of the molecule is O=C(NC1CCN(c2cccnn2)CC1)C1(Cc2ccc(F)cc2)CC1. The number of aromatic nitrogens is 2. The number of hydrogen-bond donors (Lipinski definition) is 1. The summed E-state index contributed by atoms with van der Waals surface area (Å²) in [6.07, 6.45) is 6.01. The highest BCUT2D eigenvalue weighted by Crippen LogP contribution is 2.48. The maximum atomic E-state index is 13.1. The molecule has 4 rings (SSSR count). The van der Waals surface area contributed by atoms with E-state index in [-0.39, 0.29) is 23.2 Å². The average Bonchev–Trinajstić information content (AvgIpc) is 3.46. The lowest BCUT2D eigenvalue weighted by Crippen LogP contribution is -2.47. The zero-order valence-electron chi connectivity index (χ0n) is 14.7. The van der Waals surface area contributed by atoms with Gasteiger partial charge in [0.1, 0.15) is 5.82 Å². The quantitative estimate of drug-likeness (QED) is 0.897. The van der Waals surface area contributed by atoms with Crippen molar-refractivity contribution in [2.75, 3.05) is 18.0 Å². The molecule has 1 saturated carbocycles. The van der Waals surface area contributed by atoms with Gasteiger partial charge >= 0.3 is 0 Å². The molecule has 1 N–H and O–H groups in total. The van der Waals surface area contributed by atoms with E-state index in [2.05, 4.69) is 20.4 Å². The first-order chi connectivity index (χ1) is 12.6. The van der Waals surface area contributed by atoms with E-state index in [1.165, 1.54) is 12.1 Å². The van der Waals surface area contributed by atoms with E-state index in [0.717, 1.165) is 50.2 Å². The molecule has 136 valence electrons. The van der Waals surface area contributed by atoms with Gasteiger partial charge < -0.3 is 10.2 Å². The van der Waals surface area contributed by atoms with Crippen LogP contribution in [0.3, 0.4) is 0 Å². The van der Waals surface area contributed by atoms with Crippen LogP contribution in [0.5, 0.6) is 0 Å². The highest BCUT2D eigenvalue weighted by Gasteiger charge is 2.50. The van der Waals surface area contributed by atoms with Crippen LogP contribution in [0.15, 0.2) is 42.6 Å². The van der Waals surface area contributed by atoms with E-state index in [1.54, 1.807) is 18.3 Å². The van der Waals surface area contributed by atoms with Crippen LogP contribution in [0.1, 0.15) is 31.2 Å². The molecule has 1 aliphatic carbocycles. The maximum absolute atomic E-state index is 13.1. The van der Waals surface area contributed by atoms with E-state index in [1.807, 2.05) is 12.1 Å². The average molecular weight is 354 g/mol. The Balaban J connectivity index is 1.30. The minimum Gasteiger partial charge on any atom is -0.355 e. The molecule has 1 aromatic carbocycles. The third-order valence-corrected chi connectivity index (χ3v) is 5.50. The van der Waals surface area contributed by atoms with Crippen LogP contribution >= 0.6 is 0 Å². The second-order valence-electron chi connectivity index (χ2n) is 7.40. The molecular weight excluding hydrogens is 331 g/mol. The van der Waals surface area contributed by atoms with E-state index >= 15 is 0 Å². The first-order valence-corrected chi connectivity index (χ1v) is 9.23. The Morgan fingerprint density at radius 1 is 1.19 bits per heavy atom. The molecule has 0 bridgehead atoms. The van der Waals surface area contributed by atoms with Crippen LogP contribution in [0, 0.1) is 11.2 Å². The number of nitrogens with one attached hydrogen (secondary N) is 1. The summed E-state index contributed by atoms with van der Waals surface area (Å²) in [6, 6.07) is 10.6. The van der Waals surface area contributed by atoms with Gasteiger partial charge in [-0.1, -0.05) is 12.1 Å². The van der Waals surface area contributed by atoms with Gasteiger partial charge in [-0.2, -0.15) is 5.10 Å². The summed E-state index contributed by atoms with van der Waals surface area (Å²) in [5, 5.41) is 11.3. The van der Waals surface area contributed by atoms with Gasteiger partial charge in [0.25, 0.3) is 0 Å². The second-order valence-corrected chi connectivity index (χ2v) is 7.40. The molecule has 0 atom stereocenters. The number of carbonyl (C=O) groups is 1. The van der Waals surface area contributed by atoms with Crippen molar-refractivity contribution in [3.8, 4) is 0 Å². The van der Waals surface area contributed by atoms with Gasteiger partial charge in [0.05, 0.1) is 5.41 Å². The number of benzene rings is 1. The summed E-state index contributed by atoms with van der Waals surface area (Å²) in [7, 11) is 0. The third-order valence-electron chi connectivity index (χ3n) is 5.50. The molecule has 2 aliphatic rings. The Kier molecular flexibility index (Phi) is 4.57. The smallest absolute Gasteiger partial charge is 0.226 e. The van der Waals surface area contributed by atoms with Crippen LogP contribution in [0.4, 0.5) is 10.2 Å². The van der Waals surface area contributed by atoms with Gasteiger partial charge in [-0.25, -0.2) is 4.39 Å². The molecule has 6 heteroatoms. The fourth-order valence-corrected chi connectivity index (χ4v) is 3.68. The van der Waals surface area contributed by atoms with Gasteiger partial charge in [0.2, 0.25) is 5.91 Å². The third kappa shape index (κ3) is 3.69. The Bertz CT molecular complexity index is 753. The minimum absolute atomic E-state index is 0.153. The first-order valence-electron chi connectivity index (χ1n) is 9.23. The second kappa shape index (κ2) is 7.02. The van der Waals surface area contributed by atoms with Gasteiger partial charge in [-0.15, -0.1) is 5.10 Å². The lowest BCUT2D eigenvalue weighted by molar-refractivity contribution is -0.127. The molecule has 0 spiro atoms. The number of amides is 1. The maximum Gasteiger partial charge on any atom is 0.226 e. The van der Waals surface area contributed by atoms with Gasteiger partial charge in [0.15, 0.2) is 5.82 Å². The number of nitrogens with zero attached hydrogens (tertiary/aromatic N) is 3. The lowest BCUT2D eigenvalue weighted by Gasteiger charge is -2.33. The van der Waals surface area contributed by atoms with Crippen molar-refractivity contribution in [3.63, 3.8) is 0 Å². The van der Waals surface area contributed by atoms with Gasteiger partial charge in [-0.3, -0.25) is 4.79 Å². The Morgan fingerprint density at radius 3 is 2.54 bits per heavy atom. The van der Waals surface area contributed by atoms with Gasteiger partial charge in [0, 0.05) is 25.3 Å². The van der Waals surface area contributed by atoms with Crippen molar-refractivity contribution in [2.24, 2.45) is 5.41 Å². The van der Waals surface area contributed by atoms with Crippen molar-refractivity contribution >= 4 is 11.7 Å². The fraction of sp³-hybridized carbons (Fsp3) is 0.450. The summed E-state index contributed by atoms with van der Waals surface area (Å²) in [6.45, 7) is 1.74. The van der Waals surface area contributed by atoms with Crippen LogP contribution in [0.2, 0.25) is 0 Å². The molecule has 1 aromatic heterocycles. The van der Waals surface area contributed by atoms with E-state index in [4.69, 9.17) is 0 Å². The number of rotatable bonds is 5. The van der Waals surface area contributed by atoms with Crippen molar-refractivity contribution in [1.82, 2.24) is 15.5 Å². The lowest BCUT2D eigenvalue weighted by atomic mass is 9.94. The molecule has 1 amide bonds. The molecule has 2 aromatic rings. The largest absolute Gasteiger partial charge is 0.355 e. The highest BCUT2D eigenvalue weighted by atomic mass is 19.1. The molecular formula is C20H23FN4O. The molecule has 1 saturated heterocycles. The molecule has 26 heavy (non-hydrogen) atoms. The van der Waals surface area contributed by atoms with E-state index in [9.17, 15) is 9.18 Å². The van der Waals surface area contributed by atoms with E-state index in [0.29, 0.717) is 6.42 Å². The molecule has 5 nitrogen and oxygen atoms in total. The van der Waals surface area contributed by atoms with E-state index < -0.39 is 0 Å². The normalized spacial score (nSPS) is 19.2. The number of halogens is 1. The molecule has 1 aliphatic heterocycles. The van der Waals surface area contributed by atoms with Crippen LogP contribution in [-0.2, 0) is 11.2 Å². The van der Waals surface area contributed by atoms with Crippen molar-refractivity contribution < 1.29 is 9.18 Å². The van der Waals surface area contributed by atoms with Crippen LogP contribution in [0.25, 0.3) is 0 Å². The molecule has 0 unspecified atom stereocenters. The summed E-state index contributed by atoms with van der Waals surface area (Å²) in [5.74, 6) is 0.810. The number of carbonyl (C=O) groups excluding carboxylic acids is 1. The van der Waals surface area contributed by atoms with Crippen molar-refractivity contribution in [3.05, 3.63) is 54.0 Å². The molecule has 2 fully saturated rings. The summed E-state index contributed by atoms with van der Waals surface area (Å²) >= 11 is 0. The van der Waals surface area contributed by atoms with Crippen LogP contribution in [-0.4, -0.2) is 35.2 Å². The molecule has 2 heterocycles. The molecule has 0 radical (unpaired) electrons. The Hall–Kier alpha value is -2.50. The topological polar surface area (TPSA) is 58.1 Å². The zero-order valence-corrected chi connectivity index (χ0v) is 14.7. The monoisotopic (exact) mass is 354 g/mol. The summed E-state index contributed by atoms with van der Waals surface area (Å²) in [5.41, 5.74) is 0.733. The number of hydrogen-bond acceptors (Lipinski definition) is 4. The predicted molar refractivity (Wildman–Crippen MR) is 97.2 cm³/mol.